The molecule has 1 aliphatic rings. The van der Waals surface area contributed by atoms with Crippen LogP contribution in [-0.2, 0) is 4.57 Å². The molecule has 0 saturated heterocycles. The summed E-state index contributed by atoms with van der Waals surface area (Å²) in [6.45, 7) is 9.36. The fourth-order valence-electron chi connectivity index (χ4n) is 5.20. The zero-order chi connectivity index (χ0) is 29.4. The Morgan fingerprint density at radius 3 is 2.52 bits per heavy atom. The number of rotatable bonds is 7. The van der Waals surface area contributed by atoms with Gasteiger partial charge in [-0.25, -0.2) is 14.2 Å². The van der Waals surface area contributed by atoms with Gasteiger partial charge in [-0.3, -0.25) is 9.13 Å². The lowest BCUT2D eigenvalue weighted by atomic mass is 9.99. The number of benzene rings is 2. The average Bonchev–Trinajstić information content (AvgIpc) is 3.30. The number of nitrogens with two attached hydrogens (primary N) is 1. The maximum Gasteiger partial charge on any atom is 0.338 e. The smallest absolute Gasteiger partial charge is 0.338 e. The lowest BCUT2D eigenvalue weighted by molar-refractivity contribution is 0.269. The Bertz CT molecular complexity index is 1580. The molecule has 0 radical (unpaired) electrons. The van der Waals surface area contributed by atoms with Gasteiger partial charge in [0.1, 0.15) is 24.6 Å². The van der Waals surface area contributed by atoms with Gasteiger partial charge in [0.05, 0.1) is 11.4 Å². The first kappa shape index (κ1) is 29.5. The normalized spacial score (nSPS) is 18.5. The van der Waals surface area contributed by atoms with E-state index >= 15 is 0 Å². The van der Waals surface area contributed by atoms with E-state index in [4.69, 9.17) is 10.7 Å². The van der Waals surface area contributed by atoms with E-state index < -0.39 is 13.0 Å². The quantitative estimate of drug-likeness (QED) is 0.194. The molecule has 3 aromatic rings. The molecular weight excluding hydrogens is 530 g/mol. The van der Waals surface area contributed by atoms with Gasteiger partial charge >= 0.3 is 5.69 Å². The Labute approximate surface area is 234 Å². The molecule has 214 valence electrons. The van der Waals surface area contributed by atoms with Crippen LogP contribution in [-0.4, -0.2) is 51.7 Å². The number of aliphatic imine (C=N–C) groups is 1. The predicted molar refractivity (Wildman–Crippen MR) is 161 cm³/mol. The predicted octanol–water partition coefficient (Wildman–Crippen LogP) is 3.96. The van der Waals surface area contributed by atoms with E-state index in [1.54, 1.807) is 70.5 Å². The highest BCUT2D eigenvalue weighted by Crippen LogP contribution is 2.49. The highest BCUT2D eigenvalue weighted by atomic mass is 31.2. The van der Waals surface area contributed by atoms with Crippen molar-refractivity contribution in [2.75, 3.05) is 25.1 Å². The van der Waals surface area contributed by atoms with E-state index in [2.05, 4.69) is 10.6 Å². The Balaban J connectivity index is 1.89. The minimum Gasteiger partial charge on any atom is -0.402 e. The number of imidazole rings is 1. The van der Waals surface area contributed by atoms with Crippen molar-refractivity contribution in [1.29, 1.82) is 0 Å². The van der Waals surface area contributed by atoms with Crippen LogP contribution < -0.4 is 27.4 Å². The maximum absolute atomic E-state index is 14.4. The van der Waals surface area contributed by atoms with E-state index in [-0.39, 0.29) is 17.5 Å². The number of aliphatic hydroxyl groups excluding tert-OH is 1. The molecule has 5 N–H and O–H groups in total. The summed E-state index contributed by atoms with van der Waals surface area (Å²) >= 11 is 0. The van der Waals surface area contributed by atoms with Crippen molar-refractivity contribution in [1.82, 2.24) is 14.5 Å². The first-order chi connectivity index (χ1) is 18.9. The first-order valence-electron chi connectivity index (χ1n) is 13.4. The monoisotopic (exact) mass is 568 g/mol. The van der Waals surface area contributed by atoms with Gasteiger partial charge in [0.15, 0.2) is 0 Å². The SMILES string of the molecule is CCP(=O)(c1ccc(-n2ccn(C(=Nc3cc(C)c(F)c(C)c3)C3=C(N)CCN[C@H]3C)c2=O)cc1NC)C(C)O. The minimum atomic E-state index is -3.07. The zero-order valence-electron chi connectivity index (χ0n) is 23.8. The Hall–Kier alpha value is -3.46. The van der Waals surface area contributed by atoms with Crippen LogP contribution in [0.1, 0.15) is 38.3 Å². The minimum absolute atomic E-state index is 0.163. The number of hydrogen-bond donors (Lipinski definition) is 4. The molecule has 0 spiro atoms. The number of halogens is 1. The van der Waals surface area contributed by atoms with Crippen LogP contribution in [0.4, 0.5) is 15.8 Å². The molecule has 0 bridgehead atoms. The number of hydrogen-bond acceptors (Lipinski definition) is 7. The van der Waals surface area contributed by atoms with Gasteiger partial charge in [-0.05, 0) is 75.6 Å². The Kier molecular flexibility index (Phi) is 8.54. The number of aliphatic hydroxyl groups is 1. The average molecular weight is 569 g/mol. The summed E-state index contributed by atoms with van der Waals surface area (Å²) < 4.78 is 30.8. The molecule has 2 heterocycles. The lowest BCUT2D eigenvalue weighted by Gasteiger charge is -2.26. The second-order valence-corrected chi connectivity index (χ2v) is 13.7. The number of aryl methyl sites for hydroxylation is 2. The molecule has 2 aromatic carbocycles. The van der Waals surface area contributed by atoms with Gasteiger partial charge in [-0.2, -0.15) is 0 Å². The highest BCUT2D eigenvalue weighted by molar-refractivity contribution is 7.72. The summed E-state index contributed by atoms with van der Waals surface area (Å²) in [6.07, 6.45) is 4.17. The summed E-state index contributed by atoms with van der Waals surface area (Å²) in [6, 6.07) is 8.29. The molecule has 9 nitrogen and oxygen atoms in total. The maximum atomic E-state index is 14.4. The summed E-state index contributed by atoms with van der Waals surface area (Å²) in [5.41, 5.74) is 9.99. The molecule has 0 amide bonds. The van der Waals surface area contributed by atoms with Crippen LogP contribution in [0.25, 0.3) is 5.69 Å². The standard InChI is InChI=1S/C29H38FN6O3P/c1-7-40(39,20(5)37)25-9-8-22(16-24(25)32-6)35-12-13-36(29(35)38)28(26-19(4)33-11-10-23(26)31)34-21-14-17(2)27(30)18(3)15-21/h8-9,12-16,19-20,32-33,37H,7,10-11,31H2,1-6H3/t19-,20?,40?/m0/s1. The Morgan fingerprint density at radius 2 is 1.95 bits per heavy atom. The zero-order valence-corrected chi connectivity index (χ0v) is 24.7. The molecule has 3 atom stereocenters. The van der Waals surface area contributed by atoms with Crippen LogP contribution in [0.2, 0.25) is 0 Å². The first-order valence-corrected chi connectivity index (χ1v) is 15.4. The second-order valence-electron chi connectivity index (χ2n) is 10.2. The summed E-state index contributed by atoms with van der Waals surface area (Å²) in [5, 5.41) is 17.3. The van der Waals surface area contributed by atoms with Crippen LogP contribution in [0.5, 0.6) is 0 Å². The highest BCUT2D eigenvalue weighted by Gasteiger charge is 2.31. The second kappa shape index (κ2) is 11.6. The fraction of sp³-hybridized carbons (Fsp3) is 0.379. The van der Waals surface area contributed by atoms with Gasteiger partial charge in [-0.1, -0.05) is 6.92 Å². The number of aromatic nitrogens is 2. The van der Waals surface area contributed by atoms with Crippen molar-refractivity contribution in [3.63, 3.8) is 0 Å². The molecule has 0 saturated carbocycles. The fourth-order valence-corrected chi connectivity index (χ4v) is 7.39. The van der Waals surface area contributed by atoms with Gasteiger partial charge in [0.2, 0.25) is 0 Å². The molecule has 4 rings (SSSR count). The van der Waals surface area contributed by atoms with E-state index in [9.17, 15) is 18.9 Å². The van der Waals surface area contributed by atoms with E-state index in [0.29, 0.717) is 69.7 Å². The van der Waals surface area contributed by atoms with Crippen LogP contribution >= 0.6 is 7.14 Å². The number of nitrogens with one attached hydrogen (secondary N) is 2. The van der Waals surface area contributed by atoms with Gasteiger partial charge in [0.25, 0.3) is 0 Å². The summed E-state index contributed by atoms with van der Waals surface area (Å²) in [5.74, 6) is -0.926. The third-order valence-corrected chi connectivity index (χ3v) is 10.9. The molecule has 2 unspecified atom stereocenters. The Morgan fingerprint density at radius 1 is 1.27 bits per heavy atom. The van der Waals surface area contributed by atoms with E-state index in [1.165, 1.54) is 16.1 Å². The van der Waals surface area contributed by atoms with Gasteiger partial charge in [0, 0.05) is 60.5 Å². The number of anilines is 1. The van der Waals surface area contributed by atoms with Crippen LogP contribution in [0, 0.1) is 19.7 Å². The van der Waals surface area contributed by atoms with Crippen molar-refractivity contribution in [3.8, 4) is 5.69 Å². The summed E-state index contributed by atoms with van der Waals surface area (Å²) in [7, 11) is -1.36. The molecule has 11 heteroatoms. The van der Waals surface area contributed by atoms with Gasteiger partial charge < -0.3 is 26.0 Å². The third kappa shape index (κ3) is 5.31. The number of nitrogens with zero attached hydrogens (tertiary/aromatic N) is 3. The van der Waals surface area contributed by atoms with Crippen molar-refractivity contribution < 1.29 is 14.1 Å². The van der Waals surface area contributed by atoms with Crippen molar-refractivity contribution in [2.45, 2.75) is 52.9 Å². The van der Waals surface area contributed by atoms with E-state index in [1.807, 2.05) is 6.92 Å². The molecule has 40 heavy (non-hydrogen) atoms. The molecule has 0 fully saturated rings. The molecule has 1 aliphatic heterocycles. The van der Waals surface area contributed by atoms with Crippen molar-refractivity contribution in [3.05, 3.63) is 81.4 Å². The van der Waals surface area contributed by atoms with Crippen LogP contribution in [0.15, 0.2) is 63.8 Å². The van der Waals surface area contributed by atoms with Crippen molar-refractivity contribution in [2.24, 2.45) is 10.7 Å². The topological polar surface area (TPSA) is 127 Å². The lowest BCUT2D eigenvalue weighted by Crippen LogP contribution is -2.42. The molecule has 0 aliphatic carbocycles. The van der Waals surface area contributed by atoms with Gasteiger partial charge in [-0.15, -0.1) is 0 Å². The van der Waals surface area contributed by atoms with Crippen LogP contribution in [0.3, 0.4) is 0 Å². The largest absolute Gasteiger partial charge is 0.402 e. The van der Waals surface area contributed by atoms with Crippen molar-refractivity contribution >= 4 is 29.7 Å². The molecular formula is C29H38FN6O3P. The third-order valence-electron chi connectivity index (χ3n) is 7.53. The summed E-state index contributed by atoms with van der Waals surface area (Å²) in [4.78, 5) is 18.7. The van der Waals surface area contributed by atoms with E-state index in [0.717, 1.165) is 0 Å². The molecule has 1 aromatic heterocycles.